The van der Waals surface area contributed by atoms with Crippen molar-refractivity contribution in [2.45, 2.75) is 25.3 Å². The van der Waals surface area contributed by atoms with Crippen molar-refractivity contribution >= 4 is 0 Å². The van der Waals surface area contributed by atoms with Crippen molar-refractivity contribution in [1.82, 2.24) is 9.80 Å². The molecule has 0 fully saturated rings. The lowest BCUT2D eigenvalue weighted by molar-refractivity contribution is 0.281. The molecule has 1 unspecified atom stereocenters. The molecular weight excluding hydrogens is 234 g/mol. The van der Waals surface area contributed by atoms with Crippen LogP contribution in [0.3, 0.4) is 0 Å². The Bertz CT molecular complexity index is 324. The molecule has 0 aliphatic rings. The molecule has 1 aromatic rings. The van der Waals surface area contributed by atoms with E-state index in [0.717, 1.165) is 32.5 Å². The van der Waals surface area contributed by atoms with Crippen molar-refractivity contribution in [3.05, 3.63) is 35.9 Å². The van der Waals surface area contributed by atoms with Gasteiger partial charge in [0.1, 0.15) is 0 Å². The quantitative estimate of drug-likeness (QED) is 0.738. The molecule has 0 amide bonds. The average molecular weight is 263 g/mol. The lowest BCUT2D eigenvalue weighted by Gasteiger charge is -2.22. The second-order valence-corrected chi connectivity index (χ2v) is 5.70. The number of nitrogens with two attached hydrogens (primary N) is 1. The van der Waals surface area contributed by atoms with Crippen molar-refractivity contribution < 1.29 is 0 Å². The Morgan fingerprint density at radius 2 is 1.74 bits per heavy atom. The molecule has 0 aromatic heterocycles. The van der Waals surface area contributed by atoms with E-state index in [0.29, 0.717) is 0 Å². The lowest BCUT2D eigenvalue weighted by Crippen LogP contribution is -2.36. The van der Waals surface area contributed by atoms with Gasteiger partial charge in [0, 0.05) is 12.6 Å². The molecule has 108 valence electrons. The number of nitrogens with zero attached hydrogens (tertiary/aromatic N) is 2. The molecule has 1 aromatic carbocycles. The normalized spacial score (nSPS) is 13.2. The number of likely N-dealkylation sites (N-methyl/N-ethyl adjacent to an activating group) is 1. The third-order valence-corrected chi connectivity index (χ3v) is 3.34. The second kappa shape index (κ2) is 9.08. The van der Waals surface area contributed by atoms with Crippen molar-refractivity contribution in [2.75, 3.05) is 40.8 Å². The summed E-state index contributed by atoms with van der Waals surface area (Å²) in [7, 11) is 6.40. The zero-order valence-electron chi connectivity index (χ0n) is 12.7. The number of rotatable bonds is 9. The summed E-state index contributed by atoms with van der Waals surface area (Å²) in [5.41, 5.74) is 7.58. The van der Waals surface area contributed by atoms with Crippen LogP contribution in [0.2, 0.25) is 0 Å². The van der Waals surface area contributed by atoms with E-state index in [2.05, 4.69) is 61.3 Å². The van der Waals surface area contributed by atoms with E-state index in [9.17, 15) is 0 Å². The molecule has 0 heterocycles. The van der Waals surface area contributed by atoms with E-state index in [1.54, 1.807) is 0 Å². The molecule has 1 atom stereocenters. The van der Waals surface area contributed by atoms with Crippen molar-refractivity contribution in [1.29, 1.82) is 0 Å². The minimum absolute atomic E-state index is 0.268. The zero-order chi connectivity index (χ0) is 14.1. The Morgan fingerprint density at radius 1 is 1.05 bits per heavy atom. The molecule has 1 rings (SSSR count). The Labute approximate surface area is 118 Å². The largest absolute Gasteiger partial charge is 0.327 e. The van der Waals surface area contributed by atoms with Gasteiger partial charge in [0.15, 0.2) is 0 Å². The maximum absolute atomic E-state index is 6.20. The van der Waals surface area contributed by atoms with Gasteiger partial charge in [0.2, 0.25) is 0 Å². The van der Waals surface area contributed by atoms with Gasteiger partial charge in [-0.3, -0.25) is 0 Å². The molecule has 0 saturated heterocycles. The van der Waals surface area contributed by atoms with Crippen LogP contribution in [0.15, 0.2) is 30.3 Å². The van der Waals surface area contributed by atoms with E-state index < -0.39 is 0 Å². The van der Waals surface area contributed by atoms with Crippen LogP contribution in [0, 0.1) is 0 Å². The van der Waals surface area contributed by atoms with Crippen LogP contribution in [0.4, 0.5) is 0 Å². The van der Waals surface area contributed by atoms with Gasteiger partial charge in [-0.05, 0) is 59.1 Å². The van der Waals surface area contributed by atoms with Crippen LogP contribution >= 0.6 is 0 Å². The molecule has 0 bridgehead atoms. The Balaban J connectivity index is 2.14. The van der Waals surface area contributed by atoms with Crippen LogP contribution < -0.4 is 5.73 Å². The van der Waals surface area contributed by atoms with Gasteiger partial charge in [-0.25, -0.2) is 0 Å². The van der Waals surface area contributed by atoms with Gasteiger partial charge in [0.05, 0.1) is 0 Å². The van der Waals surface area contributed by atoms with Gasteiger partial charge in [0.25, 0.3) is 0 Å². The molecule has 0 aliphatic heterocycles. The standard InChI is InChI=1S/C16H29N3/c1-18(2)12-7-13-19(3)14-16(17)11-10-15-8-5-4-6-9-15/h4-6,8-9,16H,7,10-14,17H2,1-3H3. The molecule has 0 radical (unpaired) electrons. The Hall–Kier alpha value is -0.900. The van der Waals surface area contributed by atoms with E-state index in [1.807, 2.05) is 0 Å². The molecular formula is C16H29N3. The fourth-order valence-electron chi connectivity index (χ4n) is 2.24. The zero-order valence-corrected chi connectivity index (χ0v) is 12.7. The van der Waals surface area contributed by atoms with E-state index >= 15 is 0 Å². The summed E-state index contributed by atoms with van der Waals surface area (Å²) in [6, 6.07) is 10.9. The SMILES string of the molecule is CN(C)CCCN(C)CC(N)CCc1ccccc1. The first kappa shape index (κ1) is 16.2. The fourth-order valence-corrected chi connectivity index (χ4v) is 2.24. The summed E-state index contributed by atoms with van der Waals surface area (Å²) >= 11 is 0. The van der Waals surface area contributed by atoms with Gasteiger partial charge < -0.3 is 15.5 Å². The van der Waals surface area contributed by atoms with Crippen molar-refractivity contribution in [2.24, 2.45) is 5.73 Å². The molecule has 3 heteroatoms. The lowest BCUT2D eigenvalue weighted by atomic mass is 10.1. The molecule has 0 saturated carbocycles. The second-order valence-electron chi connectivity index (χ2n) is 5.70. The fraction of sp³-hybridized carbons (Fsp3) is 0.625. The highest BCUT2D eigenvalue weighted by atomic mass is 15.1. The van der Waals surface area contributed by atoms with Gasteiger partial charge >= 0.3 is 0 Å². The number of hydrogen-bond donors (Lipinski definition) is 1. The van der Waals surface area contributed by atoms with Crippen LogP contribution in [-0.2, 0) is 6.42 Å². The first-order valence-corrected chi connectivity index (χ1v) is 7.20. The summed E-state index contributed by atoms with van der Waals surface area (Å²) in [6.07, 6.45) is 3.34. The van der Waals surface area contributed by atoms with Gasteiger partial charge in [-0.2, -0.15) is 0 Å². The third kappa shape index (κ3) is 7.98. The van der Waals surface area contributed by atoms with Crippen molar-refractivity contribution in [3.8, 4) is 0 Å². The first-order chi connectivity index (χ1) is 9.08. The number of benzene rings is 1. The summed E-state index contributed by atoms with van der Waals surface area (Å²) < 4.78 is 0. The minimum Gasteiger partial charge on any atom is -0.327 e. The van der Waals surface area contributed by atoms with E-state index in [-0.39, 0.29) is 6.04 Å². The minimum atomic E-state index is 0.268. The highest BCUT2D eigenvalue weighted by molar-refractivity contribution is 5.14. The summed E-state index contributed by atoms with van der Waals surface area (Å²) in [6.45, 7) is 3.25. The molecule has 3 nitrogen and oxygen atoms in total. The predicted molar refractivity (Wildman–Crippen MR) is 83.4 cm³/mol. The first-order valence-electron chi connectivity index (χ1n) is 7.20. The highest BCUT2D eigenvalue weighted by Crippen LogP contribution is 2.04. The smallest absolute Gasteiger partial charge is 0.0170 e. The monoisotopic (exact) mass is 263 g/mol. The summed E-state index contributed by atoms with van der Waals surface area (Å²) in [5, 5.41) is 0. The average Bonchev–Trinajstić information content (AvgIpc) is 2.37. The van der Waals surface area contributed by atoms with Crippen LogP contribution in [-0.4, -0.2) is 56.6 Å². The molecule has 2 N–H and O–H groups in total. The third-order valence-electron chi connectivity index (χ3n) is 3.34. The van der Waals surface area contributed by atoms with Crippen molar-refractivity contribution in [3.63, 3.8) is 0 Å². The Kier molecular flexibility index (Phi) is 7.72. The predicted octanol–water partition coefficient (Wildman–Crippen LogP) is 1.83. The molecule has 0 aliphatic carbocycles. The van der Waals surface area contributed by atoms with Crippen LogP contribution in [0.25, 0.3) is 0 Å². The highest BCUT2D eigenvalue weighted by Gasteiger charge is 2.07. The van der Waals surface area contributed by atoms with Crippen LogP contribution in [0.5, 0.6) is 0 Å². The Morgan fingerprint density at radius 3 is 2.37 bits per heavy atom. The van der Waals surface area contributed by atoms with Gasteiger partial charge in [-0.1, -0.05) is 30.3 Å². The summed E-state index contributed by atoms with van der Waals surface area (Å²) in [5.74, 6) is 0. The number of hydrogen-bond acceptors (Lipinski definition) is 3. The topological polar surface area (TPSA) is 32.5 Å². The van der Waals surface area contributed by atoms with E-state index in [1.165, 1.54) is 12.0 Å². The van der Waals surface area contributed by atoms with Gasteiger partial charge in [-0.15, -0.1) is 0 Å². The maximum atomic E-state index is 6.20. The summed E-state index contributed by atoms with van der Waals surface area (Å²) in [4.78, 5) is 4.57. The number of aryl methyl sites for hydroxylation is 1. The molecule has 19 heavy (non-hydrogen) atoms. The molecule has 0 spiro atoms. The van der Waals surface area contributed by atoms with E-state index in [4.69, 9.17) is 5.73 Å². The van der Waals surface area contributed by atoms with Crippen LogP contribution in [0.1, 0.15) is 18.4 Å². The maximum Gasteiger partial charge on any atom is 0.0170 e.